The molecule has 168 valence electrons. The van der Waals surface area contributed by atoms with Crippen molar-refractivity contribution in [3.63, 3.8) is 0 Å². The first kappa shape index (κ1) is 24.3. The Morgan fingerprint density at radius 3 is 1.29 bits per heavy atom. The Kier molecular flexibility index (Phi) is 6.74. The second kappa shape index (κ2) is 8.61. The van der Waals surface area contributed by atoms with Crippen LogP contribution >= 0.6 is 0 Å². The fourth-order valence-electron chi connectivity index (χ4n) is 3.48. The monoisotopic (exact) mass is 428 g/mol. The third kappa shape index (κ3) is 5.19. The summed E-state index contributed by atoms with van der Waals surface area (Å²) < 4.78 is 9.74. The minimum absolute atomic E-state index is 0.0420. The van der Waals surface area contributed by atoms with Crippen LogP contribution in [-0.2, 0) is 26.7 Å². The standard InChI is InChI=1S/C25H32O6/c1-24(2,3)18-12-16(22(28)30-7)10-14(20(18)26)9-15-11-17(23(29)31-8)13-19(21(15)27)25(4,5)6/h10-13,26-27H,9H2,1-8H3. The highest BCUT2D eigenvalue weighted by atomic mass is 16.5. The molecule has 0 aliphatic rings. The van der Waals surface area contributed by atoms with Crippen molar-refractivity contribution in [2.75, 3.05) is 14.2 Å². The molecule has 0 unspecified atom stereocenters. The number of benzene rings is 2. The van der Waals surface area contributed by atoms with Crippen LogP contribution in [0.5, 0.6) is 11.5 Å². The van der Waals surface area contributed by atoms with E-state index in [0.29, 0.717) is 33.4 Å². The van der Waals surface area contributed by atoms with E-state index in [1.165, 1.54) is 14.2 Å². The van der Waals surface area contributed by atoms with E-state index in [9.17, 15) is 19.8 Å². The number of ether oxygens (including phenoxy) is 2. The van der Waals surface area contributed by atoms with Crippen molar-refractivity contribution >= 4 is 11.9 Å². The first-order chi connectivity index (χ1) is 14.2. The molecule has 6 nitrogen and oxygen atoms in total. The van der Waals surface area contributed by atoms with Gasteiger partial charge in [-0.2, -0.15) is 0 Å². The molecule has 0 aliphatic heterocycles. The van der Waals surface area contributed by atoms with Crippen molar-refractivity contribution in [1.29, 1.82) is 0 Å². The molecule has 2 rings (SSSR count). The Bertz CT molecular complexity index is 925. The number of phenolic OH excluding ortho intramolecular Hbond substituents is 2. The maximum absolute atomic E-state index is 12.2. The van der Waals surface area contributed by atoms with Crippen LogP contribution in [0.1, 0.15) is 84.5 Å². The van der Waals surface area contributed by atoms with E-state index in [4.69, 9.17) is 9.47 Å². The minimum Gasteiger partial charge on any atom is -0.507 e. The second-order valence-corrected chi connectivity index (χ2v) is 9.72. The summed E-state index contributed by atoms with van der Waals surface area (Å²) in [5.41, 5.74) is 1.81. The number of carbonyl (C=O) groups excluding carboxylic acids is 2. The fraction of sp³-hybridized carbons (Fsp3) is 0.440. The van der Waals surface area contributed by atoms with Gasteiger partial charge in [-0.1, -0.05) is 41.5 Å². The highest BCUT2D eigenvalue weighted by Crippen LogP contribution is 2.39. The molecule has 0 amide bonds. The first-order valence-corrected chi connectivity index (χ1v) is 10.1. The zero-order valence-corrected chi connectivity index (χ0v) is 19.5. The number of hydrogen-bond acceptors (Lipinski definition) is 6. The third-order valence-corrected chi connectivity index (χ3v) is 5.22. The van der Waals surface area contributed by atoms with E-state index >= 15 is 0 Å². The minimum atomic E-state index is -0.519. The van der Waals surface area contributed by atoms with E-state index < -0.39 is 22.8 Å². The Morgan fingerprint density at radius 1 is 0.710 bits per heavy atom. The fourth-order valence-corrected chi connectivity index (χ4v) is 3.48. The second-order valence-electron chi connectivity index (χ2n) is 9.72. The van der Waals surface area contributed by atoms with Crippen molar-refractivity contribution in [2.45, 2.75) is 58.8 Å². The molecule has 0 spiro atoms. The van der Waals surface area contributed by atoms with Gasteiger partial charge in [0.25, 0.3) is 0 Å². The van der Waals surface area contributed by atoms with Crippen LogP contribution in [0.25, 0.3) is 0 Å². The highest BCUT2D eigenvalue weighted by molar-refractivity contribution is 5.91. The zero-order valence-electron chi connectivity index (χ0n) is 19.5. The quantitative estimate of drug-likeness (QED) is 0.676. The lowest BCUT2D eigenvalue weighted by Gasteiger charge is -2.25. The number of hydrogen-bond donors (Lipinski definition) is 2. The van der Waals surface area contributed by atoms with Crippen molar-refractivity contribution in [2.24, 2.45) is 0 Å². The van der Waals surface area contributed by atoms with Crippen LogP contribution < -0.4 is 0 Å². The number of rotatable bonds is 4. The van der Waals surface area contributed by atoms with E-state index in [-0.39, 0.29) is 17.9 Å². The molecule has 2 aromatic rings. The summed E-state index contributed by atoms with van der Waals surface area (Å²) >= 11 is 0. The molecule has 0 aliphatic carbocycles. The lowest BCUT2D eigenvalue weighted by atomic mass is 9.81. The van der Waals surface area contributed by atoms with Crippen molar-refractivity contribution in [1.82, 2.24) is 0 Å². The van der Waals surface area contributed by atoms with Gasteiger partial charge in [-0.05, 0) is 46.2 Å². The van der Waals surface area contributed by atoms with E-state index in [1.807, 2.05) is 41.5 Å². The zero-order chi connectivity index (χ0) is 23.7. The van der Waals surface area contributed by atoms with Crippen LogP contribution in [0.2, 0.25) is 0 Å². The van der Waals surface area contributed by atoms with Gasteiger partial charge in [0.1, 0.15) is 11.5 Å². The van der Waals surface area contributed by atoms with E-state index in [1.54, 1.807) is 24.3 Å². The van der Waals surface area contributed by atoms with Gasteiger partial charge in [0.2, 0.25) is 0 Å². The average molecular weight is 429 g/mol. The largest absolute Gasteiger partial charge is 0.507 e. The molecule has 0 atom stereocenters. The van der Waals surface area contributed by atoms with Crippen LogP contribution in [0.15, 0.2) is 24.3 Å². The Morgan fingerprint density at radius 2 is 1.03 bits per heavy atom. The van der Waals surface area contributed by atoms with E-state index in [2.05, 4.69) is 0 Å². The lowest BCUT2D eigenvalue weighted by Crippen LogP contribution is -2.16. The van der Waals surface area contributed by atoms with Crippen LogP contribution in [0.3, 0.4) is 0 Å². The predicted molar refractivity (Wildman–Crippen MR) is 119 cm³/mol. The van der Waals surface area contributed by atoms with Gasteiger partial charge >= 0.3 is 11.9 Å². The summed E-state index contributed by atoms with van der Waals surface area (Å²) in [5.74, 6) is -0.954. The summed E-state index contributed by atoms with van der Waals surface area (Å²) in [6.45, 7) is 11.6. The third-order valence-electron chi connectivity index (χ3n) is 5.22. The average Bonchev–Trinajstić information content (AvgIpc) is 2.67. The Balaban J connectivity index is 2.75. The molecule has 0 fully saturated rings. The van der Waals surface area contributed by atoms with Gasteiger partial charge in [0.05, 0.1) is 25.3 Å². The lowest BCUT2D eigenvalue weighted by molar-refractivity contribution is 0.0591. The molecule has 0 aromatic heterocycles. The first-order valence-electron chi connectivity index (χ1n) is 10.1. The molecular formula is C25H32O6. The van der Waals surface area contributed by atoms with Crippen molar-refractivity contribution in [3.05, 3.63) is 57.6 Å². The SMILES string of the molecule is COC(=O)c1cc(Cc2cc(C(=O)OC)cc(C(C)(C)C)c2O)c(O)c(C(C)(C)C)c1. The topological polar surface area (TPSA) is 93.1 Å². The van der Waals surface area contributed by atoms with E-state index in [0.717, 1.165) is 0 Å². The van der Waals surface area contributed by atoms with Crippen molar-refractivity contribution < 1.29 is 29.3 Å². The van der Waals surface area contributed by atoms with Gasteiger partial charge in [0.15, 0.2) is 0 Å². The molecule has 0 saturated heterocycles. The summed E-state index contributed by atoms with van der Waals surface area (Å²) in [6, 6.07) is 6.35. The predicted octanol–water partition coefficient (Wildman–Crippen LogP) is 4.86. The molecule has 0 bridgehead atoms. The number of esters is 2. The highest BCUT2D eigenvalue weighted by Gasteiger charge is 2.26. The molecule has 6 heteroatoms. The molecule has 2 N–H and O–H groups in total. The summed E-state index contributed by atoms with van der Waals surface area (Å²) in [6.07, 6.45) is 0.111. The summed E-state index contributed by atoms with van der Waals surface area (Å²) in [4.78, 5) is 24.5. The Labute approximate surface area is 183 Å². The normalized spacial score (nSPS) is 11.9. The number of phenols is 2. The molecular weight excluding hydrogens is 396 g/mol. The number of aromatic hydroxyl groups is 2. The smallest absolute Gasteiger partial charge is 0.337 e. The number of methoxy groups -OCH3 is 2. The van der Waals surface area contributed by atoms with Gasteiger partial charge in [-0.3, -0.25) is 0 Å². The molecule has 2 aromatic carbocycles. The summed E-state index contributed by atoms with van der Waals surface area (Å²) in [7, 11) is 2.60. The van der Waals surface area contributed by atoms with Crippen LogP contribution in [0, 0.1) is 0 Å². The van der Waals surface area contributed by atoms with Gasteiger partial charge in [-0.15, -0.1) is 0 Å². The van der Waals surface area contributed by atoms with Gasteiger partial charge < -0.3 is 19.7 Å². The summed E-state index contributed by atoms with van der Waals surface area (Å²) in [5, 5.41) is 22.0. The maximum atomic E-state index is 12.2. The molecule has 0 radical (unpaired) electrons. The molecule has 31 heavy (non-hydrogen) atoms. The van der Waals surface area contributed by atoms with Crippen LogP contribution in [0.4, 0.5) is 0 Å². The maximum Gasteiger partial charge on any atom is 0.337 e. The van der Waals surface area contributed by atoms with Crippen molar-refractivity contribution in [3.8, 4) is 11.5 Å². The number of carbonyl (C=O) groups is 2. The molecule has 0 heterocycles. The van der Waals surface area contributed by atoms with Gasteiger partial charge in [0, 0.05) is 17.5 Å². The molecule has 0 saturated carbocycles. The van der Waals surface area contributed by atoms with Crippen LogP contribution in [-0.4, -0.2) is 36.4 Å². The van der Waals surface area contributed by atoms with Gasteiger partial charge in [-0.25, -0.2) is 9.59 Å². The Hall–Kier alpha value is -3.02.